The maximum absolute atomic E-state index is 12.3. The number of esters is 1. The second-order valence-electron chi connectivity index (χ2n) is 9.51. The highest BCUT2D eigenvalue weighted by Crippen LogP contribution is 2.07. The number of hydrogen-bond donors (Lipinski definition) is 1. The fourth-order valence-corrected chi connectivity index (χ4v) is 3.15. The van der Waals surface area contributed by atoms with E-state index in [-0.39, 0.29) is 12.5 Å². The van der Waals surface area contributed by atoms with Gasteiger partial charge in [0, 0.05) is 26.2 Å². The predicted molar refractivity (Wildman–Crippen MR) is 142 cm³/mol. The fraction of sp³-hybridized carbons (Fsp3) is 0.962. The van der Waals surface area contributed by atoms with Crippen LogP contribution in [0.25, 0.3) is 0 Å². The van der Waals surface area contributed by atoms with E-state index in [1.54, 1.807) is 0 Å². The zero-order valence-electron chi connectivity index (χ0n) is 23.9. The first-order chi connectivity index (χ1) is 18.5. The third kappa shape index (κ3) is 25.4. The molecule has 0 spiro atoms. The molecule has 0 radical (unpaired) electrons. The summed E-state index contributed by atoms with van der Waals surface area (Å²) in [5, 5.41) is 3.26. The summed E-state index contributed by atoms with van der Waals surface area (Å²) in [6.07, 6.45) is 0. The van der Waals surface area contributed by atoms with Crippen LogP contribution >= 0.6 is 0 Å². The van der Waals surface area contributed by atoms with Crippen molar-refractivity contribution in [2.75, 3.05) is 138 Å². The summed E-state index contributed by atoms with van der Waals surface area (Å²) in [5.74, 6) is -0.270. The van der Waals surface area contributed by atoms with E-state index in [9.17, 15) is 4.79 Å². The molecule has 0 saturated carbocycles. The van der Waals surface area contributed by atoms with Gasteiger partial charge in [-0.05, 0) is 20.8 Å². The minimum Gasteiger partial charge on any atom is -0.459 e. The molecule has 12 heteroatoms. The minimum absolute atomic E-state index is 0.176. The lowest BCUT2D eigenvalue weighted by atomic mass is 10.2. The Kier molecular flexibility index (Phi) is 23.2. The van der Waals surface area contributed by atoms with E-state index < -0.39 is 5.60 Å². The largest absolute Gasteiger partial charge is 0.459 e. The molecule has 0 unspecified atom stereocenters. The average molecular weight is 553 g/mol. The van der Waals surface area contributed by atoms with Gasteiger partial charge in [-0.15, -0.1) is 0 Å². The van der Waals surface area contributed by atoms with Gasteiger partial charge in [0.1, 0.15) is 5.60 Å². The Morgan fingerprint density at radius 3 is 1.24 bits per heavy atom. The molecule has 1 aliphatic heterocycles. The molecule has 1 rings (SSSR count). The quantitative estimate of drug-likeness (QED) is 0.477. The van der Waals surface area contributed by atoms with Crippen LogP contribution in [0.1, 0.15) is 20.8 Å². The van der Waals surface area contributed by atoms with E-state index in [1.165, 1.54) is 0 Å². The molecule has 1 N–H and O–H groups in total. The zero-order valence-corrected chi connectivity index (χ0v) is 23.9. The first kappa shape index (κ1) is 35.1. The summed E-state index contributed by atoms with van der Waals surface area (Å²) in [4.78, 5) is 14.3. The summed E-state index contributed by atoms with van der Waals surface area (Å²) in [7, 11) is 0. The lowest BCUT2D eigenvalue weighted by Gasteiger charge is -2.25. The molecule has 1 saturated heterocycles. The molecule has 1 fully saturated rings. The van der Waals surface area contributed by atoms with Gasteiger partial charge in [-0.1, -0.05) is 0 Å². The average Bonchev–Trinajstić information content (AvgIpc) is 2.85. The molecule has 0 aromatic heterocycles. The van der Waals surface area contributed by atoms with E-state index >= 15 is 0 Å². The summed E-state index contributed by atoms with van der Waals surface area (Å²) >= 11 is 0. The van der Waals surface area contributed by atoms with Crippen LogP contribution in [0.15, 0.2) is 0 Å². The summed E-state index contributed by atoms with van der Waals surface area (Å²) in [6.45, 7) is 16.7. The summed E-state index contributed by atoms with van der Waals surface area (Å²) in [5.41, 5.74) is -0.524. The van der Waals surface area contributed by atoms with E-state index in [0.717, 1.165) is 13.1 Å². The number of rotatable bonds is 2. The molecule has 0 atom stereocenters. The Morgan fingerprint density at radius 2 is 0.895 bits per heavy atom. The van der Waals surface area contributed by atoms with Crippen LogP contribution in [0.2, 0.25) is 0 Å². The summed E-state index contributed by atoms with van der Waals surface area (Å²) < 4.78 is 49.9. The lowest BCUT2D eigenvalue weighted by molar-refractivity contribution is -0.156. The molecule has 12 nitrogen and oxygen atoms in total. The van der Waals surface area contributed by atoms with Gasteiger partial charge in [-0.25, -0.2) is 0 Å². The molecule has 38 heavy (non-hydrogen) atoms. The van der Waals surface area contributed by atoms with Crippen LogP contribution in [0.4, 0.5) is 0 Å². The van der Waals surface area contributed by atoms with E-state index in [4.69, 9.17) is 42.6 Å². The SMILES string of the molecule is CC(C)(C)OC(=O)CN1CCOCCOCCOCCOCCNCCOCCOCCOCCOCC1. The third-order valence-corrected chi connectivity index (χ3v) is 4.95. The Morgan fingerprint density at radius 1 is 0.579 bits per heavy atom. The van der Waals surface area contributed by atoms with Crippen molar-refractivity contribution in [2.24, 2.45) is 0 Å². The Labute approximate surface area is 228 Å². The number of carbonyl (C=O) groups excluding carboxylic acids is 1. The van der Waals surface area contributed by atoms with Gasteiger partial charge in [0.2, 0.25) is 0 Å². The van der Waals surface area contributed by atoms with Crippen LogP contribution in [-0.4, -0.2) is 155 Å². The highest BCUT2D eigenvalue weighted by Gasteiger charge is 2.19. The van der Waals surface area contributed by atoms with E-state index in [1.807, 2.05) is 25.7 Å². The van der Waals surface area contributed by atoms with Gasteiger partial charge in [0.25, 0.3) is 0 Å². The number of hydrogen-bond acceptors (Lipinski definition) is 12. The Bertz CT molecular complexity index is 507. The first-order valence-corrected chi connectivity index (χ1v) is 13.7. The molecule has 0 bridgehead atoms. The Balaban J connectivity index is 2.32. The zero-order chi connectivity index (χ0) is 27.6. The van der Waals surface area contributed by atoms with Crippen molar-refractivity contribution in [3.8, 4) is 0 Å². The first-order valence-electron chi connectivity index (χ1n) is 13.7. The van der Waals surface area contributed by atoms with E-state index in [0.29, 0.717) is 119 Å². The molecule has 226 valence electrons. The van der Waals surface area contributed by atoms with Crippen molar-refractivity contribution >= 4 is 5.97 Å². The van der Waals surface area contributed by atoms with Crippen LogP contribution in [0, 0.1) is 0 Å². The second kappa shape index (κ2) is 25.1. The fourth-order valence-electron chi connectivity index (χ4n) is 3.15. The van der Waals surface area contributed by atoms with Crippen molar-refractivity contribution in [1.82, 2.24) is 10.2 Å². The molecule has 1 heterocycles. The number of ether oxygens (including phenoxy) is 9. The van der Waals surface area contributed by atoms with Gasteiger partial charge in [0.15, 0.2) is 0 Å². The predicted octanol–water partition coefficient (Wildman–Crippen LogP) is 0.366. The molecular formula is C26H52N2O10. The standard InChI is InChI=1S/C26H52N2O10/c1-26(2,3)38-25(29)24-28-6-10-32-14-18-36-22-20-34-16-12-30-8-4-27-5-9-31-13-17-35-21-23-37-19-15-33-11-7-28/h27H,4-24H2,1-3H3. The second-order valence-corrected chi connectivity index (χ2v) is 9.51. The molecule has 0 amide bonds. The number of nitrogens with zero attached hydrogens (tertiary/aromatic N) is 1. The highest BCUT2D eigenvalue weighted by molar-refractivity contribution is 5.72. The monoisotopic (exact) mass is 552 g/mol. The van der Waals surface area contributed by atoms with Crippen LogP contribution in [0.3, 0.4) is 0 Å². The van der Waals surface area contributed by atoms with Gasteiger partial charge in [0.05, 0.1) is 112 Å². The topological polar surface area (TPSA) is 115 Å². The van der Waals surface area contributed by atoms with Gasteiger partial charge < -0.3 is 47.9 Å². The van der Waals surface area contributed by atoms with Crippen LogP contribution in [0.5, 0.6) is 0 Å². The molecule has 0 aromatic rings. The normalized spacial score (nSPS) is 22.3. The van der Waals surface area contributed by atoms with Gasteiger partial charge in [-0.2, -0.15) is 0 Å². The lowest BCUT2D eigenvalue weighted by Crippen LogP contribution is -2.38. The highest BCUT2D eigenvalue weighted by atomic mass is 16.6. The van der Waals surface area contributed by atoms with Crippen molar-refractivity contribution in [3.63, 3.8) is 0 Å². The Hall–Kier alpha value is -0.930. The van der Waals surface area contributed by atoms with Crippen molar-refractivity contribution < 1.29 is 47.4 Å². The van der Waals surface area contributed by atoms with Gasteiger partial charge in [-0.3, -0.25) is 9.69 Å². The smallest absolute Gasteiger partial charge is 0.320 e. The van der Waals surface area contributed by atoms with Crippen LogP contribution < -0.4 is 5.32 Å². The molecule has 1 aliphatic rings. The molecule has 0 aromatic carbocycles. The maximum atomic E-state index is 12.3. The van der Waals surface area contributed by atoms with Crippen molar-refractivity contribution in [3.05, 3.63) is 0 Å². The van der Waals surface area contributed by atoms with E-state index in [2.05, 4.69) is 5.32 Å². The van der Waals surface area contributed by atoms with Gasteiger partial charge >= 0.3 is 5.97 Å². The van der Waals surface area contributed by atoms with Crippen molar-refractivity contribution in [2.45, 2.75) is 26.4 Å². The molecular weight excluding hydrogens is 500 g/mol. The number of carbonyl (C=O) groups is 1. The van der Waals surface area contributed by atoms with Crippen molar-refractivity contribution in [1.29, 1.82) is 0 Å². The third-order valence-electron chi connectivity index (χ3n) is 4.95. The molecule has 0 aliphatic carbocycles. The summed E-state index contributed by atoms with van der Waals surface area (Å²) in [6, 6.07) is 0. The number of nitrogens with one attached hydrogen (secondary N) is 1. The minimum atomic E-state index is -0.524. The van der Waals surface area contributed by atoms with Crippen LogP contribution in [-0.2, 0) is 47.4 Å². The maximum Gasteiger partial charge on any atom is 0.320 e.